The molecule has 0 saturated heterocycles. The van der Waals surface area contributed by atoms with E-state index in [0.717, 1.165) is 23.8 Å². The second kappa shape index (κ2) is 5.94. The van der Waals surface area contributed by atoms with Gasteiger partial charge in [-0.1, -0.05) is 52.9 Å². The highest BCUT2D eigenvalue weighted by Crippen LogP contribution is 2.48. The first-order valence-corrected chi connectivity index (χ1v) is 8.27. The average Bonchev–Trinajstić information content (AvgIpc) is 2.71. The van der Waals surface area contributed by atoms with E-state index in [4.69, 9.17) is 0 Å². The summed E-state index contributed by atoms with van der Waals surface area (Å²) in [5, 5.41) is 3.73. The minimum Gasteiger partial charge on any atom is -0.316 e. The van der Waals surface area contributed by atoms with Crippen LogP contribution in [0, 0.1) is 23.2 Å². The molecule has 0 aromatic carbocycles. The smallest absolute Gasteiger partial charge is 0.0128 e. The maximum atomic E-state index is 3.73. The van der Waals surface area contributed by atoms with Gasteiger partial charge in [-0.25, -0.2) is 0 Å². The Morgan fingerprint density at radius 1 is 1.11 bits per heavy atom. The fraction of sp³-hybridized carbons (Fsp3) is 1.00. The van der Waals surface area contributed by atoms with E-state index in [2.05, 4.69) is 33.1 Å². The topological polar surface area (TPSA) is 12.0 Å². The Hall–Kier alpha value is -0.0400. The molecule has 0 aromatic heterocycles. The maximum absolute atomic E-state index is 3.73. The number of hydrogen-bond donors (Lipinski definition) is 1. The van der Waals surface area contributed by atoms with Gasteiger partial charge in [-0.15, -0.1) is 0 Å². The van der Waals surface area contributed by atoms with Crippen molar-refractivity contribution >= 4 is 0 Å². The van der Waals surface area contributed by atoms with Crippen molar-refractivity contribution < 1.29 is 0 Å². The third kappa shape index (κ3) is 2.76. The number of nitrogens with one attached hydrogen (secondary N) is 1. The largest absolute Gasteiger partial charge is 0.316 e. The number of hydrogen-bond acceptors (Lipinski definition) is 1. The van der Waals surface area contributed by atoms with Gasteiger partial charge in [0.2, 0.25) is 0 Å². The summed E-state index contributed by atoms with van der Waals surface area (Å²) in [5.74, 6) is 2.82. The monoisotopic (exact) mass is 251 g/mol. The van der Waals surface area contributed by atoms with E-state index in [9.17, 15) is 0 Å². The zero-order valence-corrected chi connectivity index (χ0v) is 13.0. The summed E-state index contributed by atoms with van der Waals surface area (Å²) in [6, 6.07) is 0.771. The first kappa shape index (κ1) is 14.4. The third-order valence-electron chi connectivity index (χ3n) is 6.06. The van der Waals surface area contributed by atoms with E-state index in [0.29, 0.717) is 5.41 Å². The van der Waals surface area contributed by atoms with Crippen LogP contribution < -0.4 is 5.32 Å². The highest BCUT2D eigenvalue weighted by Gasteiger charge is 2.43. The van der Waals surface area contributed by atoms with Crippen LogP contribution in [-0.2, 0) is 0 Å². The van der Waals surface area contributed by atoms with Crippen LogP contribution in [0.3, 0.4) is 0 Å². The Bertz CT molecular complexity index is 258. The average molecular weight is 251 g/mol. The van der Waals surface area contributed by atoms with E-state index in [-0.39, 0.29) is 0 Å². The molecular formula is C17H33N. The van der Waals surface area contributed by atoms with Crippen molar-refractivity contribution in [3.05, 3.63) is 0 Å². The lowest BCUT2D eigenvalue weighted by atomic mass is 9.66. The molecule has 4 unspecified atom stereocenters. The number of rotatable bonds is 4. The van der Waals surface area contributed by atoms with Crippen LogP contribution in [0.25, 0.3) is 0 Å². The molecule has 0 aliphatic heterocycles. The molecule has 1 N–H and O–H groups in total. The van der Waals surface area contributed by atoms with Crippen molar-refractivity contribution in [1.82, 2.24) is 5.32 Å². The van der Waals surface area contributed by atoms with Gasteiger partial charge in [0.1, 0.15) is 0 Å². The van der Waals surface area contributed by atoms with Crippen molar-refractivity contribution in [3.63, 3.8) is 0 Å². The second-order valence-electron chi connectivity index (χ2n) is 7.42. The second-order valence-corrected chi connectivity index (χ2v) is 7.42. The van der Waals surface area contributed by atoms with Crippen LogP contribution in [0.1, 0.15) is 72.1 Å². The summed E-state index contributed by atoms with van der Waals surface area (Å²) in [6.07, 6.45) is 11.6. The van der Waals surface area contributed by atoms with Gasteiger partial charge in [0, 0.05) is 6.04 Å². The van der Waals surface area contributed by atoms with Gasteiger partial charge >= 0.3 is 0 Å². The Kier molecular flexibility index (Phi) is 4.75. The molecule has 1 nitrogen and oxygen atoms in total. The van der Waals surface area contributed by atoms with Crippen molar-refractivity contribution in [2.24, 2.45) is 23.2 Å². The zero-order chi connectivity index (χ0) is 13.2. The van der Waals surface area contributed by atoms with Crippen molar-refractivity contribution in [2.45, 2.75) is 78.2 Å². The molecule has 0 bridgehead atoms. The molecule has 1 heteroatoms. The molecule has 0 radical (unpaired) electrons. The predicted molar refractivity (Wildman–Crippen MR) is 79.7 cm³/mol. The van der Waals surface area contributed by atoms with Gasteiger partial charge < -0.3 is 5.32 Å². The van der Waals surface area contributed by atoms with Crippen LogP contribution in [-0.4, -0.2) is 13.1 Å². The Balaban J connectivity index is 2.11. The van der Waals surface area contributed by atoms with E-state index >= 15 is 0 Å². The van der Waals surface area contributed by atoms with E-state index < -0.39 is 0 Å². The molecule has 106 valence electrons. The lowest BCUT2D eigenvalue weighted by Crippen LogP contribution is -2.47. The summed E-state index contributed by atoms with van der Waals surface area (Å²) in [5.41, 5.74) is 0.559. The summed E-state index contributed by atoms with van der Waals surface area (Å²) in [6.45, 7) is 7.40. The van der Waals surface area contributed by atoms with Gasteiger partial charge in [-0.2, -0.15) is 0 Å². The molecule has 0 heterocycles. The minimum atomic E-state index is 0.559. The van der Waals surface area contributed by atoms with E-state index in [1.54, 1.807) is 0 Å². The first-order valence-electron chi connectivity index (χ1n) is 8.27. The van der Waals surface area contributed by atoms with Crippen LogP contribution in [0.4, 0.5) is 0 Å². The van der Waals surface area contributed by atoms with Gasteiger partial charge in [0.25, 0.3) is 0 Å². The lowest BCUT2D eigenvalue weighted by Gasteiger charge is -2.43. The Morgan fingerprint density at radius 3 is 2.39 bits per heavy atom. The van der Waals surface area contributed by atoms with Crippen LogP contribution in [0.5, 0.6) is 0 Å². The SMILES string of the molecule is CCC1CCCCC1C(NC)C1CCCC1(C)C. The normalized spacial score (nSPS) is 37.7. The van der Waals surface area contributed by atoms with Gasteiger partial charge in [-0.05, 0) is 49.5 Å². The third-order valence-corrected chi connectivity index (χ3v) is 6.06. The molecule has 0 spiro atoms. The molecule has 2 fully saturated rings. The van der Waals surface area contributed by atoms with Crippen LogP contribution in [0.15, 0.2) is 0 Å². The zero-order valence-electron chi connectivity index (χ0n) is 13.0. The fourth-order valence-electron chi connectivity index (χ4n) is 4.95. The van der Waals surface area contributed by atoms with Crippen molar-refractivity contribution in [1.29, 1.82) is 0 Å². The van der Waals surface area contributed by atoms with Gasteiger partial charge in [-0.3, -0.25) is 0 Å². The summed E-state index contributed by atoms with van der Waals surface area (Å²) in [4.78, 5) is 0. The van der Waals surface area contributed by atoms with Crippen LogP contribution >= 0.6 is 0 Å². The predicted octanol–water partition coefficient (Wildman–Crippen LogP) is 4.62. The molecule has 4 atom stereocenters. The minimum absolute atomic E-state index is 0.559. The summed E-state index contributed by atoms with van der Waals surface area (Å²) in [7, 11) is 2.21. The lowest BCUT2D eigenvalue weighted by molar-refractivity contribution is 0.0966. The Morgan fingerprint density at radius 2 is 1.83 bits per heavy atom. The summed E-state index contributed by atoms with van der Waals surface area (Å²) >= 11 is 0. The standard InChI is InChI=1S/C17H33N/c1-5-13-9-6-7-10-14(13)16(18-4)15-11-8-12-17(15,2)3/h13-16,18H,5-12H2,1-4H3. The Labute approximate surface area is 114 Å². The van der Waals surface area contributed by atoms with E-state index in [1.165, 1.54) is 51.4 Å². The molecule has 2 saturated carbocycles. The van der Waals surface area contributed by atoms with E-state index in [1.807, 2.05) is 0 Å². The highest BCUT2D eigenvalue weighted by atomic mass is 14.9. The molecule has 0 aromatic rings. The van der Waals surface area contributed by atoms with Gasteiger partial charge in [0.05, 0.1) is 0 Å². The van der Waals surface area contributed by atoms with Crippen LogP contribution in [0.2, 0.25) is 0 Å². The highest BCUT2D eigenvalue weighted by molar-refractivity contribution is 4.96. The molecule has 2 rings (SSSR count). The summed E-state index contributed by atoms with van der Waals surface area (Å²) < 4.78 is 0. The first-order chi connectivity index (χ1) is 8.60. The molecule has 2 aliphatic rings. The molecular weight excluding hydrogens is 218 g/mol. The fourth-order valence-corrected chi connectivity index (χ4v) is 4.95. The van der Waals surface area contributed by atoms with Crippen molar-refractivity contribution in [3.8, 4) is 0 Å². The molecule has 0 amide bonds. The molecule has 2 aliphatic carbocycles. The van der Waals surface area contributed by atoms with Crippen molar-refractivity contribution in [2.75, 3.05) is 7.05 Å². The maximum Gasteiger partial charge on any atom is 0.0128 e. The quantitative estimate of drug-likeness (QED) is 0.769. The molecule has 18 heavy (non-hydrogen) atoms. The van der Waals surface area contributed by atoms with Gasteiger partial charge in [0.15, 0.2) is 0 Å².